The molecule has 1 atom stereocenters. The summed E-state index contributed by atoms with van der Waals surface area (Å²) in [5, 5.41) is 0. The maximum Gasteiger partial charge on any atom is 0.0223 e. The van der Waals surface area contributed by atoms with Crippen LogP contribution in [0.3, 0.4) is 0 Å². The molecule has 0 amide bonds. The van der Waals surface area contributed by atoms with Crippen molar-refractivity contribution in [1.29, 1.82) is 0 Å². The van der Waals surface area contributed by atoms with Crippen LogP contribution in [0.2, 0.25) is 0 Å². The summed E-state index contributed by atoms with van der Waals surface area (Å²) in [4.78, 5) is 5.32. The normalized spacial score (nSPS) is 26.2. The Hall–Kier alpha value is -0.0800. The minimum atomic E-state index is 0.696. The van der Waals surface area contributed by atoms with Crippen molar-refractivity contribution in [2.75, 3.05) is 19.6 Å². The molecule has 1 rings (SSSR count). The van der Waals surface area contributed by atoms with Crippen LogP contribution in [0.5, 0.6) is 0 Å². The fourth-order valence-corrected chi connectivity index (χ4v) is 2.62. The molecule has 0 radical (unpaired) electrons. The molecule has 1 aliphatic rings. The summed E-state index contributed by atoms with van der Waals surface area (Å²) in [6.45, 7) is 15.4. The van der Waals surface area contributed by atoms with Crippen LogP contribution in [-0.4, -0.2) is 47.6 Å². The summed E-state index contributed by atoms with van der Waals surface area (Å²) in [5.74, 6) is 0. The van der Waals surface area contributed by atoms with E-state index in [0.717, 1.165) is 6.04 Å². The van der Waals surface area contributed by atoms with Crippen molar-refractivity contribution in [2.45, 2.75) is 65.6 Å². The Morgan fingerprint density at radius 2 is 1.73 bits per heavy atom. The van der Waals surface area contributed by atoms with Crippen LogP contribution in [0, 0.1) is 0 Å². The van der Waals surface area contributed by atoms with Gasteiger partial charge in [-0.25, -0.2) is 0 Å². The zero-order valence-corrected chi connectivity index (χ0v) is 11.2. The first kappa shape index (κ1) is 13.0. The molecular weight excluding hydrogens is 184 g/mol. The van der Waals surface area contributed by atoms with Gasteiger partial charge in [-0.15, -0.1) is 0 Å². The minimum absolute atomic E-state index is 0.696. The van der Waals surface area contributed by atoms with E-state index in [2.05, 4.69) is 44.4 Å². The zero-order valence-electron chi connectivity index (χ0n) is 11.2. The van der Waals surface area contributed by atoms with Gasteiger partial charge in [0.15, 0.2) is 0 Å². The zero-order chi connectivity index (χ0) is 11.4. The van der Waals surface area contributed by atoms with Crippen LogP contribution in [0.25, 0.3) is 0 Å². The molecule has 0 aromatic rings. The highest BCUT2D eigenvalue weighted by atomic mass is 15.3. The SMILES string of the molecule is CC[C@@H]1CN(C(C)C)CCCN1C(C)C. The van der Waals surface area contributed by atoms with Crippen molar-refractivity contribution in [1.82, 2.24) is 9.80 Å². The van der Waals surface area contributed by atoms with Crippen LogP contribution in [0.4, 0.5) is 0 Å². The topological polar surface area (TPSA) is 6.48 Å². The van der Waals surface area contributed by atoms with E-state index in [1.807, 2.05) is 0 Å². The van der Waals surface area contributed by atoms with Crippen molar-refractivity contribution in [3.05, 3.63) is 0 Å². The Kier molecular flexibility index (Phi) is 5.07. The predicted octanol–water partition coefficient (Wildman–Crippen LogP) is 2.59. The summed E-state index contributed by atoms with van der Waals surface area (Å²) < 4.78 is 0. The maximum atomic E-state index is 2.68. The van der Waals surface area contributed by atoms with E-state index in [-0.39, 0.29) is 0 Å². The molecule has 0 spiro atoms. The highest BCUT2D eigenvalue weighted by Crippen LogP contribution is 2.17. The molecule has 0 aliphatic carbocycles. The number of hydrogen-bond donors (Lipinski definition) is 0. The Morgan fingerprint density at radius 3 is 2.20 bits per heavy atom. The van der Waals surface area contributed by atoms with E-state index in [9.17, 15) is 0 Å². The lowest BCUT2D eigenvalue weighted by molar-refractivity contribution is 0.130. The molecule has 0 aromatic heterocycles. The molecule has 0 N–H and O–H groups in total. The van der Waals surface area contributed by atoms with Crippen molar-refractivity contribution in [3.8, 4) is 0 Å². The summed E-state index contributed by atoms with van der Waals surface area (Å²) in [7, 11) is 0. The van der Waals surface area contributed by atoms with E-state index in [1.54, 1.807) is 0 Å². The van der Waals surface area contributed by atoms with Gasteiger partial charge in [-0.2, -0.15) is 0 Å². The van der Waals surface area contributed by atoms with Gasteiger partial charge >= 0.3 is 0 Å². The van der Waals surface area contributed by atoms with Gasteiger partial charge in [-0.3, -0.25) is 9.80 Å². The van der Waals surface area contributed by atoms with Crippen molar-refractivity contribution < 1.29 is 0 Å². The molecule has 2 nitrogen and oxygen atoms in total. The third-order valence-corrected chi connectivity index (χ3v) is 3.64. The van der Waals surface area contributed by atoms with Crippen molar-refractivity contribution in [3.63, 3.8) is 0 Å². The molecule has 1 saturated heterocycles. The third-order valence-electron chi connectivity index (χ3n) is 3.64. The molecule has 2 heteroatoms. The van der Waals surface area contributed by atoms with Gasteiger partial charge in [0.25, 0.3) is 0 Å². The van der Waals surface area contributed by atoms with E-state index in [0.29, 0.717) is 12.1 Å². The first-order valence-corrected chi connectivity index (χ1v) is 6.56. The minimum Gasteiger partial charge on any atom is -0.299 e. The lowest BCUT2D eigenvalue weighted by atomic mass is 10.1. The lowest BCUT2D eigenvalue weighted by Gasteiger charge is -2.35. The molecular formula is C13H28N2. The van der Waals surface area contributed by atoms with Gasteiger partial charge in [0.2, 0.25) is 0 Å². The highest BCUT2D eigenvalue weighted by molar-refractivity contribution is 4.82. The fraction of sp³-hybridized carbons (Fsp3) is 1.00. The summed E-state index contributed by atoms with van der Waals surface area (Å²) >= 11 is 0. The summed E-state index contributed by atoms with van der Waals surface area (Å²) in [6.07, 6.45) is 2.61. The molecule has 0 aromatic carbocycles. The molecule has 1 aliphatic heterocycles. The number of rotatable bonds is 3. The van der Waals surface area contributed by atoms with Gasteiger partial charge in [-0.1, -0.05) is 6.92 Å². The quantitative estimate of drug-likeness (QED) is 0.709. The third kappa shape index (κ3) is 3.46. The molecule has 0 unspecified atom stereocenters. The van der Waals surface area contributed by atoms with E-state index < -0.39 is 0 Å². The standard InChI is InChI=1S/C13H28N2/c1-6-13-10-14(11(2)3)8-7-9-15(13)12(4)5/h11-13H,6-10H2,1-5H3/t13-/m1/s1. The molecule has 90 valence electrons. The van der Waals surface area contributed by atoms with Crippen molar-refractivity contribution in [2.24, 2.45) is 0 Å². The predicted molar refractivity (Wildman–Crippen MR) is 67.2 cm³/mol. The Labute approximate surface area is 95.6 Å². The van der Waals surface area contributed by atoms with Gasteiger partial charge in [-0.05, 0) is 53.6 Å². The molecule has 1 heterocycles. The Bertz CT molecular complexity index is 177. The largest absolute Gasteiger partial charge is 0.299 e. The van der Waals surface area contributed by atoms with Crippen LogP contribution in [0.15, 0.2) is 0 Å². The average molecular weight is 212 g/mol. The Morgan fingerprint density at radius 1 is 1.07 bits per heavy atom. The number of nitrogens with zero attached hydrogens (tertiary/aromatic N) is 2. The van der Waals surface area contributed by atoms with E-state index >= 15 is 0 Å². The summed E-state index contributed by atoms with van der Waals surface area (Å²) in [5.41, 5.74) is 0. The maximum absolute atomic E-state index is 2.68. The summed E-state index contributed by atoms with van der Waals surface area (Å²) in [6, 6.07) is 2.16. The first-order chi connectivity index (χ1) is 7.06. The monoisotopic (exact) mass is 212 g/mol. The molecule has 0 saturated carbocycles. The average Bonchev–Trinajstić information content (AvgIpc) is 2.38. The molecule has 0 bridgehead atoms. The number of hydrogen-bond acceptors (Lipinski definition) is 2. The van der Waals surface area contributed by atoms with E-state index in [4.69, 9.17) is 0 Å². The first-order valence-electron chi connectivity index (χ1n) is 6.56. The van der Waals surface area contributed by atoms with Gasteiger partial charge < -0.3 is 0 Å². The van der Waals surface area contributed by atoms with Gasteiger partial charge in [0.05, 0.1) is 0 Å². The van der Waals surface area contributed by atoms with Crippen LogP contribution >= 0.6 is 0 Å². The van der Waals surface area contributed by atoms with Gasteiger partial charge in [0.1, 0.15) is 0 Å². The fourth-order valence-electron chi connectivity index (χ4n) is 2.62. The smallest absolute Gasteiger partial charge is 0.0223 e. The van der Waals surface area contributed by atoms with Gasteiger partial charge in [0, 0.05) is 24.7 Å². The van der Waals surface area contributed by atoms with Crippen molar-refractivity contribution >= 4 is 0 Å². The molecule has 15 heavy (non-hydrogen) atoms. The highest BCUT2D eigenvalue weighted by Gasteiger charge is 2.26. The van der Waals surface area contributed by atoms with Crippen LogP contribution < -0.4 is 0 Å². The van der Waals surface area contributed by atoms with E-state index in [1.165, 1.54) is 32.5 Å². The Balaban J connectivity index is 2.64. The second-order valence-corrected chi connectivity index (χ2v) is 5.34. The second-order valence-electron chi connectivity index (χ2n) is 5.34. The molecule has 1 fully saturated rings. The lowest BCUT2D eigenvalue weighted by Crippen LogP contribution is -2.45. The van der Waals surface area contributed by atoms with Crippen LogP contribution in [-0.2, 0) is 0 Å². The van der Waals surface area contributed by atoms with Crippen LogP contribution in [0.1, 0.15) is 47.5 Å². The second kappa shape index (κ2) is 5.86.